The molecule has 2 amide bonds. The van der Waals surface area contributed by atoms with Crippen LogP contribution >= 0.6 is 12.4 Å². The minimum atomic E-state index is -0.299. The molecule has 2 saturated heterocycles. The molecule has 2 rings (SSSR count). The third-order valence-electron chi connectivity index (χ3n) is 4.36. The molecule has 2 aliphatic heterocycles. The Balaban J connectivity index is 0.00000220. The van der Waals surface area contributed by atoms with Crippen molar-refractivity contribution in [3.05, 3.63) is 0 Å². The first-order chi connectivity index (χ1) is 9.59. The first-order valence-electron chi connectivity index (χ1n) is 7.87. The number of hydrogen-bond donors (Lipinski definition) is 2. The molecule has 0 spiro atoms. The van der Waals surface area contributed by atoms with Crippen molar-refractivity contribution in [3.63, 3.8) is 0 Å². The van der Waals surface area contributed by atoms with Gasteiger partial charge in [-0.15, -0.1) is 12.4 Å². The van der Waals surface area contributed by atoms with Crippen molar-refractivity contribution < 1.29 is 9.59 Å². The van der Waals surface area contributed by atoms with Crippen molar-refractivity contribution in [2.45, 2.75) is 45.6 Å². The van der Waals surface area contributed by atoms with Crippen LogP contribution in [0.2, 0.25) is 0 Å². The zero-order valence-electron chi connectivity index (χ0n) is 13.1. The lowest BCUT2D eigenvalue weighted by Gasteiger charge is -2.30. The second-order valence-corrected chi connectivity index (χ2v) is 6.32. The van der Waals surface area contributed by atoms with Crippen molar-refractivity contribution in [2.24, 2.45) is 11.8 Å². The highest BCUT2D eigenvalue weighted by molar-refractivity contribution is 5.88. The Labute approximate surface area is 133 Å². The van der Waals surface area contributed by atoms with Crippen molar-refractivity contribution in [3.8, 4) is 0 Å². The summed E-state index contributed by atoms with van der Waals surface area (Å²) in [6.45, 7) is 7.62. The predicted molar refractivity (Wildman–Crippen MR) is 85.4 cm³/mol. The molecule has 0 bridgehead atoms. The molecule has 6 heteroatoms. The average Bonchev–Trinajstić information content (AvgIpc) is 3.02. The fraction of sp³-hybridized carbons (Fsp3) is 0.867. The fourth-order valence-electron chi connectivity index (χ4n) is 3.23. The molecule has 2 atom stereocenters. The van der Waals surface area contributed by atoms with Gasteiger partial charge in [0.1, 0.15) is 6.04 Å². The Hall–Kier alpha value is -0.810. The van der Waals surface area contributed by atoms with Crippen LogP contribution < -0.4 is 10.6 Å². The number of amides is 2. The van der Waals surface area contributed by atoms with Crippen molar-refractivity contribution in [1.82, 2.24) is 15.5 Å². The van der Waals surface area contributed by atoms with E-state index in [1.54, 1.807) is 4.90 Å². The van der Waals surface area contributed by atoms with Crippen LogP contribution in [-0.2, 0) is 9.59 Å². The predicted octanol–water partition coefficient (Wildman–Crippen LogP) is 1.17. The standard InChI is InChI=1S/C15H27N3O2.ClH/c1-11(2)14(18-9-3-4-13(18)19)15(20)17-8-6-12-5-7-16-10-12;/h11-12,14,16H,3-10H2,1-2H3,(H,17,20);1H. The molecule has 0 aromatic carbocycles. The van der Waals surface area contributed by atoms with Crippen molar-refractivity contribution >= 4 is 24.2 Å². The van der Waals surface area contributed by atoms with E-state index in [9.17, 15) is 9.59 Å². The highest BCUT2D eigenvalue weighted by Crippen LogP contribution is 2.19. The van der Waals surface area contributed by atoms with E-state index in [1.807, 2.05) is 13.8 Å². The molecule has 2 unspecified atom stereocenters. The second kappa shape index (κ2) is 8.59. The number of carbonyl (C=O) groups excluding carboxylic acids is 2. The SMILES string of the molecule is CC(C)C(C(=O)NCCC1CCNC1)N1CCCC1=O.Cl. The van der Waals surface area contributed by atoms with E-state index in [-0.39, 0.29) is 36.2 Å². The first-order valence-corrected chi connectivity index (χ1v) is 7.87. The van der Waals surface area contributed by atoms with Gasteiger partial charge in [-0.1, -0.05) is 13.8 Å². The first kappa shape index (κ1) is 18.2. The number of nitrogens with zero attached hydrogens (tertiary/aromatic N) is 1. The molecule has 2 heterocycles. The maximum atomic E-state index is 12.4. The minimum Gasteiger partial charge on any atom is -0.354 e. The van der Waals surface area contributed by atoms with Crippen LogP contribution in [0.3, 0.4) is 0 Å². The zero-order valence-corrected chi connectivity index (χ0v) is 13.9. The minimum absolute atomic E-state index is 0. The lowest BCUT2D eigenvalue weighted by molar-refractivity contribution is -0.139. The van der Waals surface area contributed by atoms with E-state index in [1.165, 1.54) is 6.42 Å². The highest BCUT2D eigenvalue weighted by atomic mass is 35.5. The van der Waals surface area contributed by atoms with E-state index in [2.05, 4.69) is 10.6 Å². The number of carbonyl (C=O) groups is 2. The van der Waals surface area contributed by atoms with Gasteiger partial charge in [-0.05, 0) is 44.2 Å². The van der Waals surface area contributed by atoms with Gasteiger partial charge < -0.3 is 15.5 Å². The Bertz CT molecular complexity index is 357. The molecule has 0 radical (unpaired) electrons. The summed E-state index contributed by atoms with van der Waals surface area (Å²) in [6, 6.07) is -0.299. The molecule has 2 N–H and O–H groups in total. The molecule has 5 nitrogen and oxygen atoms in total. The smallest absolute Gasteiger partial charge is 0.243 e. The monoisotopic (exact) mass is 317 g/mol. The molecule has 2 aliphatic rings. The van der Waals surface area contributed by atoms with Crippen molar-refractivity contribution in [1.29, 1.82) is 0 Å². The summed E-state index contributed by atoms with van der Waals surface area (Å²) < 4.78 is 0. The van der Waals surface area contributed by atoms with Gasteiger partial charge in [0.15, 0.2) is 0 Å². The Morgan fingerprint density at radius 1 is 1.48 bits per heavy atom. The number of rotatable bonds is 6. The summed E-state index contributed by atoms with van der Waals surface area (Å²) in [5, 5.41) is 6.36. The summed E-state index contributed by atoms with van der Waals surface area (Å²) in [7, 11) is 0. The molecule has 0 aromatic rings. The van der Waals surface area contributed by atoms with Gasteiger partial charge in [0.2, 0.25) is 11.8 Å². The molecular formula is C15H28ClN3O2. The van der Waals surface area contributed by atoms with Gasteiger partial charge in [-0.3, -0.25) is 9.59 Å². The van der Waals surface area contributed by atoms with Crippen LogP contribution in [0.25, 0.3) is 0 Å². The summed E-state index contributed by atoms with van der Waals surface area (Å²) >= 11 is 0. The number of halogens is 1. The van der Waals surface area contributed by atoms with Crippen LogP contribution in [0.1, 0.15) is 39.5 Å². The molecule has 21 heavy (non-hydrogen) atoms. The normalized spacial score (nSPS) is 23.3. The van der Waals surface area contributed by atoms with Gasteiger partial charge in [0.05, 0.1) is 0 Å². The van der Waals surface area contributed by atoms with E-state index in [0.29, 0.717) is 12.3 Å². The summed E-state index contributed by atoms with van der Waals surface area (Å²) in [4.78, 5) is 26.0. The van der Waals surface area contributed by atoms with Gasteiger partial charge in [-0.25, -0.2) is 0 Å². The average molecular weight is 318 g/mol. The Kier molecular flexibility index (Phi) is 7.46. The lowest BCUT2D eigenvalue weighted by atomic mass is 10.0. The largest absolute Gasteiger partial charge is 0.354 e. The molecule has 2 fully saturated rings. The van der Waals surface area contributed by atoms with Crippen LogP contribution in [0, 0.1) is 11.8 Å². The number of likely N-dealkylation sites (tertiary alicyclic amines) is 1. The lowest BCUT2D eigenvalue weighted by Crippen LogP contribution is -2.50. The van der Waals surface area contributed by atoms with E-state index in [0.717, 1.165) is 39.0 Å². The van der Waals surface area contributed by atoms with E-state index in [4.69, 9.17) is 0 Å². The van der Waals surface area contributed by atoms with Crippen LogP contribution in [0.5, 0.6) is 0 Å². The van der Waals surface area contributed by atoms with Gasteiger partial charge in [0, 0.05) is 19.5 Å². The topological polar surface area (TPSA) is 61.4 Å². The third kappa shape index (κ3) is 4.85. The van der Waals surface area contributed by atoms with Crippen LogP contribution in [0.15, 0.2) is 0 Å². The number of nitrogens with one attached hydrogen (secondary N) is 2. The quantitative estimate of drug-likeness (QED) is 0.773. The van der Waals surface area contributed by atoms with Crippen LogP contribution in [0.4, 0.5) is 0 Å². The molecule has 0 aliphatic carbocycles. The van der Waals surface area contributed by atoms with Crippen LogP contribution in [-0.4, -0.2) is 48.9 Å². The molecule has 0 saturated carbocycles. The highest BCUT2D eigenvalue weighted by Gasteiger charge is 2.34. The maximum absolute atomic E-state index is 12.4. The molecular weight excluding hydrogens is 290 g/mol. The van der Waals surface area contributed by atoms with Gasteiger partial charge in [-0.2, -0.15) is 0 Å². The Morgan fingerprint density at radius 2 is 2.24 bits per heavy atom. The Morgan fingerprint density at radius 3 is 2.76 bits per heavy atom. The third-order valence-corrected chi connectivity index (χ3v) is 4.36. The summed E-state index contributed by atoms with van der Waals surface area (Å²) in [6.07, 6.45) is 3.69. The molecule has 122 valence electrons. The van der Waals surface area contributed by atoms with Crippen molar-refractivity contribution in [2.75, 3.05) is 26.2 Å². The zero-order chi connectivity index (χ0) is 14.5. The van der Waals surface area contributed by atoms with Gasteiger partial charge >= 0.3 is 0 Å². The van der Waals surface area contributed by atoms with Gasteiger partial charge in [0.25, 0.3) is 0 Å². The fourth-order valence-corrected chi connectivity index (χ4v) is 3.23. The summed E-state index contributed by atoms with van der Waals surface area (Å²) in [5.41, 5.74) is 0. The van der Waals surface area contributed by atoms with E-state index >= 15 is 0 Å². The maximum Gasteiger partial charge on any atom is 0.243 e. The summed E-state index contributed by atoms with van der Waals surface area (Å²) in [5.74, 6) is 0.978. The van der Waals surface area contributed by atoms with E-state index < -0.39 is 0 Å². The molecule has 0 aromatic heterocycles. The second-order valence-electron chi connectivity index (χ2n) is 6.32. The number of hydrogen-bond acceptors (Lipinski definition) is 3.